The maximum atomic E-state index is 10.6. The molecule has 0 amide bonds. The van der Waals surface area contributed by atoms with Crippen LogP contribution in [0.4, 0.5) is 0 Å². The van der Waals surface area contributed by atoms with E-state index in [0.717, 1.165) is 31.1 Å². The zero-order valence-electron chi connectivity index (χ0n) is 9.97. The van der Waals surface area contributed by atoms with Crippen LogP contribution >= 0.6 is 11.6 Å². The lowest BCUT2D eigenvalue weighted by atomic mass is 9.94. The minimum Gasteiger partial charge on any atom is -0.299 e. The predicted octanol–water partition coefficient (Wildman–Crippen LogP) is 3.32. The highest BCUT2D eigenvalue weighted by Gasteiger charge is 2.26. The number of hydrogen-bond acceptors (Lipinski definition) is 3. The fourth-order valence-corrected chi connectivity index (χ4v) is 2.49. The Morgan fingerprint density at radius 3 is 2.71 bits per heavy atom. The van der Waals surface area contributed by atoms with Gasteiger partial charge in [-0.2, -0.15) is 4.91 Å². The molecule has 1 heterocycles. The van der Waals surface area contributed by atoms with Gasteiger partial charge >= 0.3 is 0 Å². The Balaban J connectivity index is 1.92. The molecule has 4 heteroatoms. The average molecular weight is 253 g/mol. The summed E-state index contributed by atoms with van der Waals surface area (Å²) in [6.07, 6.45) is 0.873. The van der Waals surface area contributed by atoms with Crippen molar-refractivity contribution >= 4 is 11.6 Å². The van der Waals surface area contributed by atoms with Crippen molar-refractivity contribution in [1.82, 2.24) is 4.90 Å². The van der Waals surface area contributed by atoms with Crippen molar-refractivity contribution in [3.8, 4) is 0 Å². The van der Waals surface area contributed by atoms with Crippen molar-refractivity contribution in [3.05, 3.63) is 39.8 Å². The van der Waals surface area contributed by atoms with Gasteiger partial charge in [-0.15, -0.1) is 0 Å². The van der Waals surface area contributed by atoms with E-state index in [2.05, 4.69) is 29.1 Å². The third-order valence-electron chi connectivity index (χ3n) is 3.40. The number of hydrogen-bond donors (Lipinski definition) is 0. The van der Waals surface area contributed by atoms with Crippen LogP contribution in [0.3, 0.4) is 0 Å². The van der Waals surface area contributed by atoms with Gasteiger partial charge in [-0.05, 0) is 30.0 Å². The lowest BCUT2D eigenvalue weighted by Gasteiger charge is -2.33. The molecule has 0 saturated carbocycles. The predicted molar refractivity (Wildman–Crippen MR) is 70.1 cm³/mol. The summed E-state index contributed by atoms with van der Waals surface area (Å²) in [6, 6.07) is 7.94. The maximum Gasteiger partial charge on any atom is 0.0969 e. The number of likely N-dealkylation sites (tertiary alicyclic amines) is 1. The number of nitroso groups, excluding NO2 is 1. The van der Waals surface area contributed by atoms with Gasteiger partial charge in [-0.3, -0.25) is 4.90 Å². The molecule has 0 N–H and O–H groups in total. The van der Waals surface area contributed by atoms with E-state index in [9.17, 15) is 4.91 Å². The average Bonchev–Trinajstić information content (AvgIpc) is 2.32. The monoisotopic (exact) mass is 252 g/mol. The van der Waals surface area contributed by atoms with Crippen molar-refractivity contribution in [2.75, 3.05) is 13.1 Å². The lowest BCUT2D eigenvalue weighted by Crippen LogP contribution is -2.40. The second kappa shape index (κ2) is 5.61. The lowest BCUT2D eigenvalue weighted by molar-refractivity contribution is 0.158. The molecule has 1 aliphatic heterocycles. The topological polar surface area (TPSA) is 32.7 Å². The van der Waals surface area contributed by atoms with E-state index in [0.29, 0.717) is 5.92 Å². The summed E-state index contributed by atoms with van der Waals surface area (Å²) < 4.78 is 0. The molecular formula is C13H17ClN2O. The first-order valence-corrected chi connectivity index (χ1v) is 6.36. The van der Waals surface area contributed by atoms with Gasteiger partial charge in [-0.25, -0.2) is 0 Å². The first-order valence-electron chi connectivity index (χ1n) is 5.98. The summed E-state index contributed by atoms with van der Waals surface area (Å²) in [5.74, 6) is 0.355. The minimum atomic E-state index is -0.00327. The maximum absolute atomic E-state index is 10.6. The van der Waals surface area contributed by atoms with Crippen LogP contribution < -0.4 is 0 Å². The zero-order chi connectivity index (χ0) is 12.3. The van der Waals surface area contributed by atoms with Gasteiger partial charge < -0.3 is 0 Å². The molecule has 1 aliphatic rings. The molecule has 1 aromatic carbocycles. The Kier molecular flexibility index (Phi) is 4.13. The molecule has 0 bridgehead atoms. The van der Waals surface area contributed by atoms with Gasteiger partial charge in [0.25, 0.3) is 0 Å². The highest BCUT2D eigenvalue weighted by Crippen LogP contribution is 2.21. The van der Waals surface area contributed by atoms with E-state index in [1.54, 1.807) is 0 Å². The van der Waals surface area contributed by atoms with Crippen molar-refractivity contribution in [1.29, 1.82) is 0 Å². The molecule has 3 nitrogen and oxygen atoms in total. The largest absolute Gasteiger partial charge is 0.299 e. The van der Waals surface area contributed by atoms with Crippen molar-refractivity contribution < 1.29 is 0 Å². The Labute approximate surface area is 107 Å². The van der Waals surface area contributed by atoms with Crippen molar-refractivity contribution in [2.24, 2.45) is 11.1 Å². The quantitative estimate of drug-likeness (QED) is 0.773. The summed E-state index contributed by atoms with van der Waals surface area (Å²) in [6.45, 7) is 4.91. The number of rotatable bonds is 3. The second-order valence-corrected chi connectivity index (χ2v) is 5.24. The Bertz CT molecular complexity index is 380. The van der Waals surface area contributed by atoms with Crippen LogP contribution in [0.5, 0.6) is 0 Å². The number of piperidine rings is 1. The third kappa shape index (κ3) is 3.27. The van der Waals surface area contributed by atoms with Crippen LogP contribution in [0.1, 0.15) is 18.9 Å². The zero-order valence-corrected chi connectivity index (χ0v) is 10.7. The van der Waals surface area contributed by atoms with Gasteiger partial charge in [0, 0.05) is 24.7 Å². The number of halogens is 1. The summed E-state index contributed by atoms with van der Waals surface area (Å²) in [7, 11) is 0. The molecular weight excluding hydrogens is 236 g/mol. The fraction of sp³-hybridized carbons (Fsp3) is 0.538. The van der Waals surface area contributed by atoms with E-state index in [1.165, 1.54) is 5.56 Å². The highest BCUT2D eigenvalue weighted by atomic mass is 35.5. The second-order valence-electron chi connectivity index (χ2n) is 4.80. The SMILES string of the molecule is CC1CN(Cc2ccc(Cl)cc2)CCC1N=O. The van der Waals surface area contributed by atoms with Crippen LogP contribution in [0, 0.1) is 10.8 Å². The molecule has 0 radical (unpaired) electrons. The summed E-state index contributed by atoms with van der Waals surface area (Å²) in [5.41, 5.74) is 1.26. The molecule has 92 valence electrons. The third-order valence-corrected chi connectivity index (χ3v) is 3.65. The van der Waals surface area contributed by atoms with E-state index in [4.69, 9.17) is 11.6 Å². The van der Waals surface area contributed by atoms with Gasteiger partial charge in [0.15, 0.2) is 0 Å². The first-order chi connectivity index (χ1) is 8.19. The standard InChI is InChI=1S/C13H17ClN2O/c1-10-8-16(7-6-13(10)15-17)9-11-2-4-12(14)5-3-11/h2-5,10,13H,6-9H2,1H3. The summed E-state index contributed by atoms with van der Waals surface area (Å²) in [5, 5.41) is 3.96. The molecule has 1 aromatic rings. The van der Waals surface area contributed by atoms with Crippen LogP contribution in [0.25, 0.3) is 0 Å². The Hall–Kier alpha value is -0.930. The van der Waals surface area contributed by atoms with Crippen molar-refractivity contribution in [3.63, 3.8) is 0 Å². The molecule has 0 spiro atoms. The van der Waals surface area contributed by atoms with Gasteiger partial charge in [0.05, 0.1) is 6.04 Å². The summed E-state index contributed by atoms with van der Waals surface area (Å²) >= 11 is 5.85. The molecule has 1 fully saturated rings. The van der Waals surface area contributed by atoms with Gasteiger partial charge in [0.1, 0.15) is 0 Å². The highest BCUT2D eigenvalue weighted by molar-refractivity contribution is 6.30. The van der Waals surface area contributed by atoms with Crippen LogP contribution in [0.15, 0.2) is 29.4 Å². The minimum absolute atomic E-state index is 0.00327. The van der Waals surface area contributed by atoms with Gasteiger partial charge in [0.2, 0.25) is 0 Å². The van der Waals surface area contributed by atoms with E-state index >= 15 is 0 Å². The molecule has 2 atom stereocenters. The fourth-order valence-electron chi connectivity index (χ4n) is 2.37. The Morgan fingerprint density at radius 2 is 2.12 bits per heavy atom. The Morgan fingerprint density at radius 1 is 1.41 bits per heavy atom. The number of nitrogens with zero attached hydrogens (tertiary/aromatic N) is 2. The molecule has 0 aromatic heterocycles. The summed E-state index contributed by atoms with van der Waals surface area (Å²) in [4.78, 5) is 13.0. The van der Waals surface area contributed by atoms with E-state index in [-0.39, 0.29) is 6.04 Å². The van der Waals surface area contributed by atoms with Crippen LogP contribution in [0.2, 0.25) is 5.02 Å². The molecule has 2 rings (SSSR count). The molecule has 17 heavy (non-hydrogen) atoms. The molecule has 2 unspecified atom stereocenters. The van der Waals surface area contributed by atoms with E-state index in [1.807, 2.05) is 12.1 Å². The molecule has 1 saturated heterocycles. The normalized spacial score (nSPS) is 25.8. The first kappa shape index (κ1) is 12.5. The van der Waals surface area contributed by atoms with Crippen LogP contribution in [-0.2, 0) is 6.54 Å². The van der Waals surface area contributed by atoms with Gasteiger partial charge in [-0.1, -0.05) is 35.8 Å². The number of benzene rings is 1. The van der Waals surface area contributed by atoms with Crippen LogP contribution in [-0.4, -0.2) is 24.0 Å². The van der Waals surface area contributed by atoms with Crippen molar-refractivity contribution in [2.45, 2.75) is 25.9 Å². The smallest absolute Gasteiger partial charge is 0.0969 e. The van der Waals surface area contributed by atoms with E-state index < -0.39 is 0 Å². The molecule has 0 aliphatic carbocycles.